The summed E-state index contributed by atoms with van der Waals surface area (Å²) in [6.45, 7) is 8.78. The van der Waals surface area contributed by atoms with Gasteiger partial charge in [0.1, 0.15) is 0 Å². The van der Waals surface area contributed by atoms with Gasteiger partial charge in [0.05, 0.1) is 25.1 Å². The van der Waals surface area contributed by atoms with Crippen LogP contribution in [-0.2, 0) is 11.2 Å². The molecule has 29 heavy (non-hydrogen) atoms. The molecule has 0 heterocycles. The average molecular weight is 386 g/mol. The van der Waals surface area contributed by atoms with Gasteiger partial charge < -0.3 is 10.4 Å². The molecule has 5 nitrogen and oxygen atoms in total. The first-order chi connectivity index (χ1) is 14.0. The summed E-state index contributed by atoms with van der Waals surface area (Å²) < 4.78 is 0. The van der Waals surface area contributed by atoms with Crippen LogP contribution in [-0.4, -0.2) is 29.4 Å². The van der Waals surface area contributed by atoms with Crippen molar-refractivity contribution in [1.29, 1.82) is 0 Å². The lowest BCUT2D eigenvalue weighted by atomic mass is 9.90. The van der Waals surface area contributed by atoms with E-state index < -0.39 is 12.0 Å². The van der Waals surface area contributed by atoms with Crippen LogP contribution < -0.4 is 5.32 Å². The van der Waals surface area contributed by atoms with E-state index in [0.29, 0.717) is 17.7 Å². The fraction of sp³-hybridized carbons (Fsp3) is 0.208. The minimum atomic E-state index is -0.888. The third-order valence-corrected chi connectivity index (χ3v) is 4.99. The third-order valence-electron chi connectivity index (χ3n) is 4.99. The molecule has 0 radical (unpaired) electrons. The van der Waals surface area contributed by atoms with Gasteiger partial charge in [0.2, 0.25) is 5.91 Å². The molecule has 3 aromatic rings. The van der Waals surface area contributed by atoms with E-state index in [1.54, 1.807) is 37.3 Å². The summed E-state index contributed by atoms with van der Waals surface area (Å²) >= 11 is 0. The van der Waals surface area contributed by atoms with Crippen LogP contribution in [0, 0.1) is 12.5 Å². The Morgan fingerprint density at radius 2 is 1.66 bits per heavy atom. The first-order valence-corrected chi connectivity index (χ1v) is 9.43. The van der Waals surface area contributed by atoms with Crippen LogP contribution in [0.25, 0.3) is 15.6 Å². The number of amides is 1. The standard InChI is InChI=1S/C24H22N2O3/c1-16(27)21(24(29)26-15-23(28)17-8-4-3-5-9-17)14-18-12-13-22(25-2)20-11-7-6-10-19(18)20/h3-13,16,21,27H,14-15H2,1H3,(H,26,29)/t16-,21-/m1/s1. The molecule has 0 saturated carbocycles. The molecule has 3 rings (SSSR count). The number of nitrogens with zero attached hydrogens (tertiary/aromatic N) is 1. The molecular weight excluding hydrogens is 364 g/mol. The number of benzene rings is 3. The molecule has 0 aliphatic carbocycles. The number of aliphatic hydroxyl groups excluding tert-OH is 1. The molecule has 0 aliphatic rings. The fourth-order valence-corrected chi connectivity index (χ4v) is 3.36. The third kappa shape index (κ3) is 4.68. The zero-order chi connectivity index (χ0) is 20.8. The predicted molar refractivity (Wildman–Crippen MR) is 113 cm³/mol. The molecule has 146 valence electrons. The van der Waals surface area contributed by atoms with Gasteiger partial charge in [-0.05, 0) is 29.7 Å². The Hall–Kier alpha value is -3.49. The second-order valence-corrected chi connectivity index (χ2v) is 6.96. The van der Waals surface area contributed by atoms with Crippen LogP contribution in [0.5, 0.6) is 0 Å². The second kappa shape index (κ2) is 9.13. The Morgan fingerprint density at radius 1 is 1.00 bits per heavy atom. The van der Waals surface area contributed by atoms with E-state index in [1.165, 1.54) is 0 Å². The largest absolute Gasteiger partial charge is 0.393 e. The van der Waals surface area contributed by atoms with Crippen LogP contribution in [0.15, 0.2) is 66.7 Å². The van der Waals surface area contributed by atoms with Gasteiger partial charge in [-0.3, -0.25) is 9.59 Å². The summed E-state index contributed by atoms with van der Waals surface area (Å²) in [6.07, 6.45) is -0.580. The van der Waals surface area contributed by atoms with E-state index >= 15 is 0 Å². The fourth-order valence-electron chi connectivity index (χ4n) is 3.36. The number of fused-ring (bicyclic) bond motifs is 1. The maximum absolute atomic E-state index is 12.7. The van der Waals surface area contributed by atoms with E-state index in [0.717, 1.165) is 16.3 Å². The maximum Gasteiger partial charge on any atom is 0.226 e. The van der Waals surface area contributed by atoms with Gasteiger partial charge in [-0.15, -0.1) is 0 Å². The molecule has 2 N–H and O–H groups in total. The molecule has 2 atom stereocenters. The Balaban J connectivity index is 1.77. The van der Waals surface area contributed by atoms with Crippen LogP contribution >= 0.6 is 0 Å². The van der Waals surface area contributed by atoms with Crippen molar-refractivity contribution in [3.63, 3.8) is 0 Å². The summed E-state index contributed by atoms with van der Waals surface area (Å²) in [5.74, 6) is -1.27. The van der Waals surface area contributed by atoms with Crippen LogP contribution in [0.3, 0.4) is 0 Å². The summed E-state index contributed by atoms with van der Waals surface area (Å²) in [4.78, 5) is 28.5. The van der Waals surface area contributed by atoms with Crippen molar-refractivity contribution >= 4 is 28.2 Å². The molecule has 0 aliphatic heterocycles. The highest BCUT2D eigenvalue weighted by atomic mass is 16.3. The van der Waals surface area contributed by atoms with Gasteiger partial charge in [0.15, 0.2) is 11.5 Å². The zero-order valence-electron chi connectivity index (χ0n) is 16.1. The van der Waals surface area contributed by atoms with Gasteiger partial charge in [0, 0.05) is 5.56 Å². The number of aliphatic hydroxyl groups is 1. The second-order valence-electron chi connectivity index (χ2n) is 6.96. The number of rotatable bonds is 7. The van der Waals surface area contributed by atoms with Gasteiger partial charge in [-0.2, -0.15) is 0 Å². The smallest absolute Gasteiger partial charge is 0.226 e. The quantitative estimate of drug-likeness (QED) is 0.477. The Labute approximate surface area is 169 Å². The monoisotopic (exact) mass is 386 g/mol. The number of hydrogen-bond acceptors (Lipinski definition) is 3. The van der Waals surface area contributed by atoms with Crippen LogP contribution in [0.4, 0.5) is 5.69 Å². The normalized spacial score (nSPS) is 12.7. The molecular formula is C24H22N2O3. The van der Waals surface area contributed by atoms with Gasteiger partial charge in [-0.1, -0.05) is 66.7 Å². The van der Waals surface area contributed by atoms with E-state index in [-0.39, 0.29) is 18.2 Å². The molecule has 5 heteroatoms. The van der Waals surface area contributed by atoms with Crippen molar-refractivity contribution in [3.05, 3.63) is 89.3 Å². The van der Waals surface area contributed by atoms with E-state index in [2.05, 4.69) is 10.2 Å². The number of carbonyl (C=O) groups excluding carboxylic acids is 2. The predicted octanol–water partition coefficient (Wildman–Crippen LogP) is 3.93. The van der Waals surface area contributed by atoms with Crippen molar-refractivity contribution < 1.29 is 14.7 Å². The van der Waals surface area contributed by atoms with Gasteiger partial charge in [0.25, 0.3) is 0 Å². The van der Waals surface area contributed by atoms with Crippen LogP contribution in [0.2, 0.25) is 0 Å². The molecule has 1 amide bonds. The van der Waals surface area contributed by atoms with E-state index in [9.17, 15) is 14.7 Å². The topological polar surface area (TPSA) is 70.8 Å². The molecule has 0 spiro atoms. The molecule has 0 fully saturated rings. The van der Waals surface area contributed by atoms with Crippen molar-refractivity contribution in [2.75, 3.05) is 6.54 Å². The molecule has 0 unspecified atom stereocenters. The molecule has 0 saturated heterocycles. The molecule has 3 aromatic carbocycles. The minimum absolute atomic E-state index is 0.122. The van der Waals surface area contributed by atoms with E-state index in [1.807, 2.05) is 36.4 Å². The Morgan fingerprint density at radius 3 is 2.31 bits per heavy atom. The lowest BCUT2D eigenvalue weighted by molar-refractivity contribution is -0.127. The average Bonchev–Trinajstić information content (AvgIpc) is 2.75. The first-order valence-electron chi connectivity index (χ1n) is 9.43. The highest BCUT2D eigenvalue weighted by molar-refractivity contribution is 6.00. The van der Waals surface area contributed by atoms with Crippen molar-refractivity contribution in [3.8, 4) is 0 Å². The zero-order valence-corrected chi connectivity index (χ0v) is 16.1. The van der Waals surface area contributed by atoms with Crippen molar-refractivity contribution in [2.45, 2.75) is 19.4 Å². The molecule has 0 aromatic heterocycles. The number of hydrogen-bond donors (Lipinski definition) is 2. The number of nitrogens with one attached hydrogen (secondary N) is 1. The van der Waals surface area contributed by atoms with Crippen molar-refractivity contribution in [1.82, 2.24) is 5.32 Å². The SMILES string of the molecule is [C-]#[N+]c1ccc(C[C@@H](C(=O)NCC(=O)c2ccccc2)[C@@H](C)O)c2ccccc12. The summed E-state index contributed by atoms with van der Waals surface area (Å²) in [7, 11) is 0. The first kappa shape index (κ1) is 20.2. The Bertz CT molecular complexity index is 1070. The highest BCUT2D eigenvalue weighted by Crippen LogP contribution is 2.30. The lowest BCUT2D eigenvalue weighted by Gasteiger charge is -2.20. The van der Waals surface area contributed by atoms with Gasteiger partial charge in [-0.25, -0.2) is 4.85 Å². The maximum atomic E-state index is 12.7. The summed E-state index contributed by atoms with van der Waals surface area (Å²) in [5, 5.41) is 14.6. The Kier molecular flexibility index (Phi) is 6.38. The lowest BCUT2D eigenvalue weighted by Crippen LogP contribution is -2.40. The van der Waals surface area contributed by atoms with Crippen LogP contribution in [0.1, 0.15) is 22.8 Å². The number of Topliss-reactive ketones (excluding diaryl/α,β-unsaturated/α-hetero) is 1. The van der Waals surface area contributed by atoms with E-state index in [4.69, 9.17) is 6.57 Å². The van der Waals surface area contributed by atoms with Crippen molar-refractivity contribution in [2.24, 2.45) is 5.92 Å². The number of ketones is 1. The summed E-state index contributed by atoms with van der Waals surface area (Å²) in [5.41, 5.74) is 1.96. The molecule has 0 bridgehead atoms. The van der Waals surface area contributed by atoms with Gasteiger partial charge >= 0.3 is 0 Å². The number of carbonyl (C=O) groups is 2. The summed E-state index contributed by atoms with van der Waals surface area (Å²) in [6, 6.07) is 19.9. The highest BCUT2D eigenvalue weighted by Gasteiger charge is 2.25. The minimum Gasteiger partial charge on any atom is -0.393 e.